The number of non-ortho nitro benzene ring substituents is 1. The molecule has 2 aromatic carbocycles. The Bertz CT molecular complexity index is 1040. The Morgan fingerprint density at radius 3 is 2.61 bits per heavy atom. The second-order valence-electron chi connectivity index (χ2n) is 8.06. The number of benzene rings is 2. The van der Waals surface area contributed by atoms with Crippen LogP contribution in [-0.2, 0) is 16.1 Å². The van der Waals surface area contributed by atoms with Crippen LogP contribution in [0, 0.1) is 10.1 Å². The number of cyclic esters (lactones) is 1. The summed E-state index contributed by atoms with van der Waals surface area (Å²) in [6.45, 7) is 1.89. The average molecular weight is 453 g/mol. The molecule has 0 aliphatic carbocycles. The first-order chi connectivity index (χ1) is 15.8. The molecule has 0 radical (unpaired) electrons. The second kappa shape index (κ2) is 11.3. The summed E-state index contributed by atoms with van der Waals surface area (Å²) in [6, 6.07) is 8.97. The van der Waals surface area contributed by atoms with Gasteiger partial charge in [-0.05, 0) is 61.9 Å². The number of nitrogens with zero attached hydrogens (tertiary/aromatic N) is 1. The predicted molar refractivity (Wildman–Crippen MR) is 122 cm³/mol. The maximum absolute atomic E-state index is 12.8. The molecular weight excluding hydrogens is 426 g/mol. The molecule has 1 aliphatic rings. The zero-order valence-electron chi connectivity index (χ0n) is 18.5. The van der Waals surface area contributed by atoms with Crippen LogP contribution in [-0.4, -0.2) is 27.9 Å². The smallest absolute Gasteiger partial charge is 0.342 e. The number of aromatic hydroxyl groups is 1. The van der Waals surface area contributed by atoms with Crippen molar-refractivity contribution in [3.63, 3.8) is 0 Å². The van der Waals surface area contributed by atoms with Gasteiger partial charge in [0.2, 0.25) is 0 Å². The van der Waals surface area contributed by atoms with E-state index in [-0.39, 0.29) is 35.5 Å². The Balaban J connectivity index is 1.82. The van der Waals surface area contributed by atoms with Gasteiger partial charge >= 0.3 is 5.97 Å². The molecule has 8 heteroatoms. The number of allylic oxidation sites excluding steroid dienone is 1. The molecule has 1 atom stereocenters. The van der Waals surface area contributed by atoms with Gasteiger partial charge in [-0.1, -0.05) is 12.2 Å². The first-order valence-corrected chi connectivity index (χ1v) is 11.0. The van der Waals surface area contributed by atoms with E-state index in [1.165, 1.54) is 18.2 Å². The van der Waals surface area contributed by atoms with Crippen LogP contribution in [0.4, 0.5) is 5.69 Å². The summed E-state index contributed by atoms with van der Waals surface area (Å²) in [6.07, 6.45) is 6.76. The third-order valence-electron chi connectivity index (χ3n) is 5.38. The van der Waals surface area contributed by atoms with Crippen molar-refractivity contribution < 1.29 is 29.1 Å². The highest BCUT2D eigenvalue weighted by molar-refractivity contribution is 5.97. The lowest BCUT2D eigenvalue weighted by molar-refractivity contribution is -0.384. The number of ketones is 1. The minimum atomic E-state index is -0.634. The largest absolute Gasteiger partial charge is 0.507 e. The highest BCUT2D eigenvalue weighted by Crippen LogP contribution is 2.31. The summed E-state index contributed by atoms with van der Waals surface area (Å²) >= 11 is 0. The first-order valence-electron chi connectivity index (χ1n) is 11.0. The van der Waals surface area contributed by atoms with Crippen molar-refractivity contribution >= 4 is 23.5 Å². The number of ether oxygens (including phenoxy) is 2. The average Bonchev–Trinajstić information content (AvgIpc) is 2.76. The Kier molecular flexibility index (Phi) is 8.18. The fourth-order valence-corrected chi connectivity index (χ4v) is 3.58. The molecule has 8 nitrogen and oxygen atoms in total. The maximum atomic E-state index is 12.8. The predicted octanol–water partition coefficient (Wildman–Crippen LogP) is 5.36. The summed E-state index contributed by atoms with van der Waals surface area (Å²) < 4.78 is 11.3. The van der Waals surface area contributed by atoms with Crippen LogP contribution in [0.5, 0.6) is 11.5 Å². The number of hydrogen-bond donors (Lipinski definition) is 1. The first kappa shape index (κ1) is 24.0. The summed E-state index contributed by atoms with van der Waals surface area (Å²) in [5, 5.41) is 21.4. The van der Waals surface area contributed by atoms with Gasteiger partial charge in [0.15, 0.2) is 0 Å². The third-order valence-corrected chi connectivity index (χ3v) is 5.38. The van der Waals surface area contributed by atoms with Crippen molar-refractivity contribution in [1.82, 2.24) is 0 Å². The van der Waals surface area contributed by atoms with Crippen molar-refractivity contribution in [3.8, 4) is 11.5 Å². The van der Waals surface area contributed by atoms with Crippen molar-refractivity contribution in [2.24, 2.45) is 0 Å². The number of esters is 1. The Morgan fingerprint density at radius 2 is 1.88 bits per heavy atom. The fourth-order valence-electron chi connectivity index (χ4n) is 3.58. The zero-order chi connectivity index (χ0) is 23.8. The topological polar surface area (TPSA) is 116 Å². The highest BCUT2D eigenvalue weighted by Gasteiger charge is 2.21. The number of rotatable bonds is 4. The lowest BCUT2D eigenvalue weighted by Crippen LogP contribution is -2.17. The number of phenolic OH excluding ortho intramolecular Hbond substituents is 1. The molecule has 0 spiro atoms. The Hall–Kier alpha value is -3.68. The monoisotopic (exact) mass is 453 g/mol. The second-order valence-corrected chi connectivity index (χ2v) is 8.06. The quantitative estimate of drug-likeness (QED) is 0.376. The maximum Gasteiger partial charge on any atom is 0.342 e. The van der Waals surface area contributed by atoms with E-state index >= 15 is 0 Å². The third kappa shape index (κ3) is 6.90. The van der Waals surface area contributed by atoms with Crippen LogP contribution in [0.15, 0.2) is 42.5 Å². The van der Waals surface area contributed by atoms with Gasteiger partial charge in [-0.2, -0.15) is 0 Å². The van der Waals surface area contributed by atoms with E-state index in [2.05, 4.69) is 0 Å². The van der Waals surface area contributed by atoms with Gasteiger partial charge in [0, 0.05) is 31.0 Å². The molecule has 0 amide bonds. The molecule has 1 aliphatic heterocycles. The molecule has 0 saturated carbocycles. The number of carbonyl (C=O) groups is 2. The molecule has 3 rings (SSSR count). The van der Waals surface area contributed by atoms with Crippen LogP contribution in [0.1, 0.15) is 66.9 Å². The Labute approximate surface area is 192 Å². The van der Waals surface area contributed by atoms with Crippen molar-refractivity contribution in [1.29, 1.82) is 0 Å². The van der Waals surface area contributed by atoms with Crippen molar-refractivity contribution in [2.75, 3.05) is 0 Å². The normalized spacial score (nSPS) is 17.5. The molecule has 1 heterocycles. The van der Waals surface area contributed by atoms with E-state index in [4.69, 9.17) is 9.47 Å². The molecule has 33 heavy (non-hydrogen) atoms. The van der Waals surface area contributed by atoms with Crippen LogP contribution in [0.2, 0.25) is 0 Å². The lowest BCUT2D eigenvalue weighted by atomic mass is 10.0. The molecular formula is C25H27NO7. The van der Waals surface area contributed by atoms with E-state index in [1.54, 1.807) is 31.2 Å². The number of Topliss-reactive ketones (excluding diaryl/α,β-unsaturated/α-hetero) is 1. The number of nitro benzene ring substituents is 1. The van der Waals surface area contributed by atoms with Gasteiger partial charge in [0.1, 0.15) is 29.5 Å². The molecule has 2 aromatic rings. The van der Waals surface area contributed by atoms with Crippen LogP contribution >= 0.6 is 0 Å². The molecule has 0 aromatic heterocycles. The van der Waals surface area contributed by atoms with Gasteiger partial charge in [-0.3, -0.25) is 14.9 Å². The van der Waals surface area contributed by atoms with Crippen LogP contribution < -0.4 is 4.74 Å². The van der Waals surface area contributed by atoms with Gasteiger partial charge in [-0.15, -0.1) is 0 Å². The number of carbonyl (C=O) groups excluding carboxylic acids is 2. The number of fused-ring (bicyclic) bond motifs is 1. The van der Waals surface area contributed by atoms with Gasteiger partial charge < -0.3 is 14.6 Å². The standard InChI is InChI=1S/C25H27NO7/c1-17-6-5-9-21(27)8-4-2-3-7-19-14-22(15-23(28)24(19)25(29)33-17)32-16-18-10-12-20(13-11-18)26(30)31/h3,7,10-15,17,28H,2,4-6,8-9,16H2,1H3/t17-/m0/s1. The lowest BCUT2D eigenvalue weighted by Gasteiger charge is -2.16. The molecule has 0 fully saturated rings. The SMILES string of the molecule is C[C@H]1CCCC(=O)CCCC=Cc2cc(OCc3ccc([N+](=O)[O-])cc3)cc(O)c2C(=O)O1. The minimum Gasteiger partial charge on any atom is -0.507 e. The van der Waals surface area contributed by atoms with Gasteiger partial charge in [0.05, 0.1) is 11.0 Å². The summed E-state index contributed by atoms with van der Waals surface area (Å²) in [5.74, 6) is -0.342. The van der Waals surface area contributed by atoms with Crippen LogP contribution in [0.3, 0.4) is 0 Å². The molecule has 174 valence electrons. The number of hydrogen-bond acceptors (Lipinski definition) is 7. The molecule has 0 saturated heterocycles. The summed E-state index contributed by atoms with van der Waals surface area (Å²) in [7, 11) is 0. The fraction of sp³-hybridized carbons (Fsp3) is 0.360. The van der Waals surface area contributed by atoms with E-state index in [0.29, 0.717) is 55.4 Å². The minimum absolute atomic E-state index is 0.0118. The summed E-state index contributed by atoms with van der Waals surface area (Å²) in [5.41, 5.74) is 1.22. The van der Waals surface area contributed by atoms with Crippen molar-refractivity contribution in [2.45, 2.75) is 58.2 Å². The molecule has 1 N–H and O–H groups in total. The zero-order valence-corrected chi connectivity index (χ0v) is 18.5. The van der Waals surface area contributed by atoms with E-state index in [1.807, 2.05) is 6.08 Å². The highest BCUT2D eigenvalue weighted by atomic mass is 16.6. The van der Waals surface area contributed by atoms with Gasteiger partial charge in [-0.25, -0.2) is 4.79 Å². The molecule has 0 bridgehead atoms. The van der Waals surface area contributed by atoms with Crippen LogP contribution in [0.25, 0.3) is 6.08 Å². The number of nitro groups is 1. The van der Waals surface area contributed by atoms with E-state index < -0.39 is 10.9 Å². The Morgan fingerprint density at radius 1 is 1.15 bits per heavy atom. The van der Waals surface area contributed by atoms with E-state index in [9.17, 15) is 24.8 Å². The van der Waals surface area contributed by atoms with Gasteiger partial charge in [0.25, 0.3) is 5.69 Å². The van der Waals surface area contributed by atoms with E-state index in [0.717, 1.165) is 0 Å². The summed E-state index contributed by atoms with van der Waals surface area (Å²) in [4.78, 5) is 35.0. The van der Waals surface area contributed by atoms with Crippen molar-refractivity contribution in [3.05, 3.63) is 69.3 Å². The molecule has 0 unspecified atom stereocenters. The number of phenols is 1.